The van der Waals surface area contributed by atoms with Crippen LogP contribution in [0, 0.1) is 0 Å². The zero-order valence-corrected chi connectivity index (χ0v) is 18.4. The molecule has 4 aromatic rings. The molecule has 31 heavy (non-hydrogen) atoms. The molecule has 154 valence electrons. The van der Waals surface area contributed by atoms with Gasteiger partial charge in [-0.25, -0.2) is 0 Å². The van der Waals surface area contributed by atoms with Crippen molar-refractivity contribution in [3.63, 3.8) is 0 Å². The molecule has 0 aliphatic heterocycles. The quantitative estimate of drug-likeness (QED) is 0.290. The average Bonchev–Trinajstić information content (AvgIpc) is 2.86. The van der Waals surface area contributed by atoms with Gasteiger partial charge in [-0.3, -0.25) is 4.99 Å². The first-order chi connectivity index (χ1) is 15.3. The molecule has 0 spiro atoms. The summed E-state index contributed by atoms with van der Waals surface area (Å²) in [6.45, 7) is 0. The lowest BCUT2D eigenvalue weighted by molar-refractivity contribution is 0.579. The summed E-state index contributed by atoms with van der Waals surface area (Å²) in [6, 6.07) is 41.8. The van der Waals surface area contributed by atoms with Crippen molar-refractivity contribution in [1.82, 2.24) is 0 Å². The Morgan fingerprint density at radius 1 is 0.613 bits per heavy atom. The second kappa shape index (κ2) is 10.8. The summed E-state index contributed by atoms with van der Waals surface area (Å²) >= 11 is 0. The first kappa shape index (κ1) is 21.2. The molecule has 2 nitrogen and oxygen atoms in total. The Bertz CT molecular complexity index is 1030. The van der Waals surface area contributed by atoms with Crippen LogP contribution in [0.3, 0.4) is 0 Å². The van der Waals surface area contributed by atoms with Gasteiger partial charge in [-0.2, -0.15) is 0 Å². The highest BCUT2D eigenvalue weighted by atomic mass is 31.1. The molecule has 4 rings (SSSR count). The van der Waals surface area contributed by atoms with Gasteiger partial charge in [0.05, 0.1) is 12.1 Å². The molecule has 0 radical (unpaired) electrons. The predicted octanol–water partition coefficient (Wildman–Crippen LogP) is 5.63. The fourth-order valence-corrected chi connectivity index (χ4v) is 5.75. The van der Waals surface area contributed by atoms with Crippen molar-refractivity contribution >= 4 is 24.7 Å². The van der Waals surface area contributed by atoms with E-state index < -0.39 is 7.92 Å². The van der Waals surface area contributed by atoms with E-state index in [-0.39, 0.29) is 12.1 Å². The summed E-state index contributed by atoms with van der Waals surface area (Å²) in [5, 5.41) is 2.72. The largest absolute Gasteiger partial charge is 0.322 e. The van der Waals surface area contributed by atoms with Crippen molar-refractivity contribution in [3.8, 4) is 0 Å². The van der Waals surface area contributed by atoms with Crippen molar-refractivity contribution < 1.29 is 0 Å². The minimum absolute atomic E-state index is 0.119. The number of aliphatic imine (C=N–C) groups is 1. The zero-order chi connectivity index (χ0) is 21.3. The second-order valence-corrected chi connectivity index (χ2v) is 9.66. The zero-order valence-electron chi connectivity index (χ0n) is 17.5. The molecule has 3 heteroatoms. The fourth-order valence-electron chi connectivity index (χ4n) is 3.71. The van der Waals surface area contributed by atoms with E-state index in [2.05, 4.69) is 103 Å². The second-order valence-electron chi connectivity index (χ2n) is 7.41. The summed E-state index contributed by atoms with van der Waals surface area (Å²) < 4.78 is 0. The van der Waals surface area contributed by atoms with Crippen molar-refractivity contribution in [1.29, 1.82) is 0 Å². The molecule has 0 amide bonds. The van der Waals surface area contributed by atoms with E-state index in [9.17, 15) is 0 Å². The molecular formula is C28H27N2P. The maximum Gasteiger partial charge on any atom is 0.0937 e. The Kier molecular flexibility index (Phi) is 7.39. The fraction of sp³-hybridized carbons (Fsp3) is 0.107. The van der Waals surface area contributed by atoms with Crippen LogP contribution in [0.5, 0.6) is 0 Å². The topological polar surface area (TPSA) is 38.4 Å². The molecule has 0 unspecified atom stereocenters. The Balaban J connectivity index is 1.62. The van der Waals surface area contributed by atoms with Gasteiger partial charge in [0.1, 0.15) is 0 Å². The smallest absolute Gasteiger partial charge is 0.0937 e. The third-order valence-electron chi connectivity index (χ3n) is 5.33. The van der Waals surface area contributed by atoms with Crippen LogP contribution in [0.2, 0.25) is 0 Å². The monoisotopic (exact) mass is 422 g/mol. The molecule has 0 fully saturated rings. The van der Waals surface area contributed by atoms with Crippen LogP contribution in [0.1, 0.15) is 23.2 Å². The van der Waals surface area contributed by atoms with E-state index in [0.717, 1.165) is 17.3 Å². The number of hydrogen-bond acceptors (Lipinski definition) is 2. The Hall–Kier alpha value is -3.06. The maximum absolute atomic E-state index is 6.70. The molecule has 2 atom stereocenters. The van der Waals surface area contributed by atoms with Gasteiger partial charge in [0.2, 0.25) is 0 Å². The predicted molar refractivity (Wildman–Crippen MR) is 135 cm³/mol. The molecule has 0 aliphatic rings. The van der Waals surface area contributed by atoms with E-state index in [0.29, 0.717) is 0 Å². The van der Waals surface area contributed by atoms with Gasteiger partial charge >= 0.3 is 0 Å². The van der Waals surface area contributed by atoms with Gasteiger partial charge in [0.25, 0.3) is 0 Å². The Morgan fingerprint density at radius 3 is 1.52 bits per heavy atom. The Morgan fingerprint density at radius 2 is 1.03 bits per heavy atom. The highest BCUT2D eigenvalue weighted by molar-refractivity contribution is 7.73. The summed E-state index contributed by atoms with van der Waals surface area (Å²) in [5.41, 5.74) is 8.94. The van der Waals surface area contributed by atoms with Gasteiger partial charge in [-0.05, 0) is 29.7 Å². The lowest BCUT2D eigenvalue weighted by Crippen LogP contribution is -2.19. The van der Waals surface area contributed by atoms with Crippen LogP contribution in [0.25, 0.3) is 0 Å². The molecule has 2 N–H and O–H groups in total. The number of nitrogens with two attached hydrogens (primary N) is 1. The third-order valence-corrected chi connectivity index (χ3v) is 7.70. The Labute approximate surface area is 186 Å². The van der Waals surface area contributed by atoms with Crippen LogP contribution in [-0.4, -0.2) is 12.4 Å². The van der Waals surface area contributed by atoms with Gasteiger partial charge < -0.3 is 5.73 Å². The van der Waals surface area contributed by atoms with Gasteiger partial charge in [-0.15, -0.1) is 0 Å². The maximum atomic E-state index is 6.70. The molecule has 4 aromatic carbocycles. The summed E-state index contributed by atoms with van der Waals surface area (Å²) in [6.07, 6.45) is 2.97. The first-order valence-corrected chi connectivity index (χ1v) is 12.1. The standard InChI is InChI=1S/C28H27N2P/c29-27(23-13-5-1-6-14-23)28(24-15-7-2-8-16-24)30-21-22-31(25-17-9-3-10-18-25)26-19-11-4-12-20-26/h1-21,27-28H,22,29H2/t27-,28-/m1/s1. The van der Waals surface area contributed by atoms with Crippen molar-refractivity contribution in [2.45, 2.75) is 12.1 Å². The van der Waals surface area contributed by atoms with Gasteiger partial charge in [0.15, 0.2) is 0 Å². The van der Waals surface area contributed by atoms with Crippen molar-refractivity contribution in [3.05, 3.63) is 132 Å². The van der Waals surface area contributed by atoms with E-state index in [1.54, 1.807) is 0 Å². The van der Waals surface area contributed by atoms with Crippen LogP contribution >= 0.6 is 7.92 Å². The molecule has 0 heterocycles. The lowest BCUT2D eigenvalue weighted by Gasteiger charge is -2.22. The van der Waals surface area contributed by atoms with E-state index in [1.807, 2.05) is 24.3 Å². The molecular weight excluding hydrogens is 395 g/mol. The van der Waals surface area contributed by atoms with Crippen molar-refractivity contribution in [2.75, 3.05) is 6.16 Å². The van der Waals surface area contributed by atoms with Crippen LogP contribution < -0.4 is 16.3 Å². The van der Waals surface area contributed by atoms with Crippen molar-refractivity contribution in [2.24, 2.45) is 10.7 Å². The summed E-state index contributed by atoms with van der Waals surface area (Å²) in [4.78, 5) is 5.03. The minimum Gasteiger partial charge on any atom is -0.322 e. The molecule has 0 saturated carbocycles. The molecule has 0 aliphatic carbocycles. The molecule has 0 saturated heterocycles. The summed E-state index contributed by atoms with van der Waals surface area (Å²) in [5.74, 6) is 0. The van der Waals surface area contributed by atoms with Crippen LogP contribution in [-0.2, 0) is 0 Å². The third kappa shape index (κ3) is 5.55. The molecule has 0 aromatic heterocycles. The van der Waals surface area contributed by atoms with Gasteiger partial charge in [0, 0.05) is 12.4 Å². The molecule has 0 bridgehead atoms. The van der Waals surface area contributed by atoms with E-state index in [4.69, 9.17) is 10.7 Å². The SMILES string of the molecule is N[C@H](c1ccccc1)[C@H](N=CCP(c1ccccc1)c1ccccc1)c1ccccc1. The van der Waals surface area contributed by atoms with E-state index in [1.165, 1.54) is 10.6 Å². The first-order valence-electron chi connectivity index (χ1n) is 10.6. The number of rotatable bonds is 8. The average molecular weight is 423 g/mol. The van der Waals surface area contributed by atoms with E-state index >= 15 is 0 Å². The lowest BCUT2D eigenvalue weighted by atomic mass is 9.94. The van der Waals surface area contributed by atoms with Gasteiger partial charge in [-0.1, -0.05) is 121 Å². The van der Waals surface area contributed by atoms with Crippen LogP contribution in [0.15, 0.2) is 126 Å². The normalized spacial score (nSPS) is 13.4. The minimum atomic E-state index is -0.514. The highest BCUT2D eigenvalue weighted by Crippen LogP contribution is 2.34. The number of nitrogens with zero attached hydrogens (tertiary/aromatic N) is 1. The number of benzene rings is 4. The highest BCUT2D eigenvalue weighted by Gasteiger charge is 2.20. The van der Waals surface area contributed by atoms with Crippen LogP contribution in [0.4, 0.5) is 0 Å². The number of hydrogen-bond donors (Lipinski definition) is 1. The summed E-state index contributed by atoms with van der Waals surface area (Å²) in [7, 11) is -0.514.